The molecule has 0 fully saturated rings. The molecule has 3 aromatic carbocycles. The van der Waals surface area contributed by atoms with Gasteiger partial charge in [0.05, 0.1) is 25.5 Å². The zero-order valence-electron chi connectivity index (χ0n) is 17.5. The van der Waals surface area contributed by atoms with Gasteiger partial charge in [0.15, 0.2) is 11.5 Å². The van der Waals surface area contributed by atoms with Gasteiger partial charge in [-0.3, -0.25) is 9.59 Å². The zero-order chi connectivity index (χ0) is 22.0. The van der Waals surface area contributed by atoms with Crippen LogP contribution in [0.25, 0.3) is 5.57 Å². The molecule has 0 unspecified atom stereocenters. The summed E-state index contributed by atoms with van der Waals surface area (Å²) in [5.74, 6) is 0.109. The number of nitrogens with one attached hydrogen (secondary N) is 1. The number of hydrogen-bond donors (Lipinski definition) is 1. The maximum absolute atomic E-state index is 13.5. The van der Waals surface area contributed by atoms with Crippen molar-refractivity contribution in [3.63, 3.8) is 0 Å². The molecule has 3 aromatic rings. The van der Waals surface area contributed by atoms with Crippen LogP contribution >= 0.6 is 0 Å². The van der Waals surface area contributed by atoms with Gasteiger partial charge in [-0.25, -0.2) is 4.90 Å². The molecule has 6 nitrogen and oxygen atoms in total. The highest BCUT2D eigenvalue weighted by Gasteiger charge is 2.40. The lowest BCUT2D eigenvalue weighted by Crippen LogP contribution is -2.32. The first-order chi connectivity index (χ1) is 15.0. The molecule has 2 amide bonds. The number of ether oxygens (including phenoxy) is 2. The summed E-state index contributed by atoms with van der Waals surface area (Å²) in [5, 5.41) is 3.15. The van der Waals surface area contributed by atoms with Gasteiger partial charge in [-0.05, 0) is 36.8 Å². The third kappa shape index (κ3) is 3.75. The molecule has 0 bridgehead atoms. The van der Waals surface area contributed by atoms with Crippen LogP contribution in [0.15, 0.2) is 78.5 Å². The fourth-order valence-electron chi connectivity index (χ4n) is 3.50. The van der Waals surface area contributed by atoms with Gasteiger partial charge in [-0.2, -0.15) is 0 Å². The van der Waals surface area contributed by atoms with E-state index in [9.17, 15) is 9.59 Å². The summed E-state index contributed by atoms with van der Waals surface area (Å²) in [4.78, 5) is 28.1. The minimum Gasteiger partial charge on any atom is -0.493 e. The Balaban J connectivity index is 1.81. The van der Waals surface area contributed by atoms with Crippen LogP contribution < -0.4 is 19.7 Å². The molecule has 1 aliphatic heterocycles. The first-order valence-corrected chi connectivity index (χ1v) is 9.77. The van der Waals surface area contributed by atoms with E-state index >= 15 is 0 Å². The Labute approximate surface area is 180 Å². The lowest BCUT2D eigenvalue weighted by molar-refractivity contribution is -0.120. The highest BCUT2D eigenvalue weighted by atomic mass is 16.5. The summed E-state index contributed by atoms with van der Waals surface area (Å²) in [6.45, 7) is 1.97. The van der Waals surface area contributed by atoms with E-state index in [1.165, 1.54) is 14.2 Å². The standard InChI is InChI=1S/C25H22N2O4/c1-16-9-11-17(12-10-16)22-23(26-18-7-5-4-6-8-18)25(29)27(24(22)28)19-13-14-20(30-2)21(15-19)31-3/h4-15,26H,1-3H3. The Morgan fingerprint density at radius 2 is 1.45 bits per heavy atom. The number of rotatable bonds is 6. The maximum atomic E-state index is 13.5. The molecule has 31 heavy (non-hydrogen) atoms. The molecule has 0 saturated heterocycles. The summed E-state index contributed by atoms with van der Waals surface area (Å²) in [6, 6.07) is 21.8. The topological polar surface area (TPSA) is 67.9 Å². The number of benzene rings is 3. The molecular formula is C25H22N2O4. The second kappa shape index (κ2) is 8.36. The van der Waals surface area contributed by atoms with Crippen LogP contribution in [-0.4, -0.2) is 26.0 Å². The number of methoxy groups -OCH3 is 2. The van der Waals surface area contributed by atoms with Gasteiger partial charge in [0.2, 0.25) is 0 Å². The maximum Gasteiger partial charge on any atom is 0.282 e. The lowest BCUT2D eigenvalue weighted by atomic mass is 10.0. The molecule has 0 saturated carbocycles. The van der Waals surface area contributed by atoms with Gasteiger partial charge >= 0.3 is 0 Å². The monoisotopic (exact) mass is 414 g/mol. The van der Waals surface area contributed by atoms with E-state index < -0.39 is 11.8 Å². The third-order valence-electron chi connectivity index (χ3n) is 5.09. The number of aryl methyl sites for hydroxylation is 1. The molecule has 0 atom stereocenters. The number of anilines is 2. The average Bonchev–Trinajstić information content (AvgIpc) is 3.04. The summed E-state index contributed by atoms with van der Waals surface area (Å²) in [6.07, 6.45) is 0. The van der Waals surface area contributed by atoms with Crippen LogP contribution in [0.5, 0.6) is 11.5 Å². The Morgan fingerprint density at radius 1 is 0.774 bits per heavy atom. The van der Waals surface area contributed by atoms with Gasteiger partial charge in [0.1, 0.15) is 5.70 Å². The van der Waals surface area contributed by atoms with E-state index in [0.29, 0.717) is 28.3 Å². The highest BCUT2D eigenvalue weighted by Crippen LogP contribution is 2.37. The molecule has 0 spiro atoms. The molecule has 1 N–H and O–H groups in total. The van der Waals surface area contributed by atoms with Gasteiger partial charge in [0.25, 0.3) is 11.8 Å². The second-order valence-corrected chi connectivity index (χ2v) is 7.09. The Kier molecular flexibility index (Phi) is 5.45. The molecule has 0 aliphatic carbocycles. The number of nitrogens with zero attached hydrogens (tertiary/aromatic N) is 1. The van der Waals surface area contributed by atoms with Crippen LogP contribution in [0.1, 0.15) is 11.1 Å². The molecular weight excluding hydrogens is 392 g/mol. The molecule has 0 aromatic heterocycles. The van der Waals surface area contributed by atoms with Crippen molar-refractivity contribution in [1.82, 2.24) is 0 Å². The molecule has 1 heterocycles. The Hall–Kier alpha value is -4.06. The van der Waals surface area contributed by atoms with Crippen molar-refractivity contribution in [3.8, 4) is 11.5 Å². The van der Waals surface area contributed by atoms with Crippen molar-refractivity contribution in [1.29, 1.82) is 0 Å². The van der Waals surface area contributed by atoms with Gasteiger partial charge < -0.3 is 14.8 Å². The summed E-state index contributed by atoms with van der Waals surface area (Å²) in [5.41, 5.74) is 3.42. The quantitative estimate of drug-likeness (QED) is 0.605. The van der Waals surface area contributed by atoms with Crippen LogP contribution in [0, 0.1) is 6.92 Å². The van der Waals surface area contributed by atoms with Crippen molar-refractivity contribution in [2.45, 2.75) is 6.92 Å². The predicted molar refractivity (Wildman–Crippen MR) is 120 cm³/mol. The molecule has 0 radical (unpaired) electrons. The zero-order valence-corrected chi connectivity index (χ0v) is 17.5. The third-order valence-corrected chi connectivity index (χ3v) is 5.09. The second-order valence-electron chi connectivity index (χ2n) is 7.09. The van der Waals surface area contributed by atoms with Gasteiger partial charge in [-0.1, -0.05) is 48.0 Å². The Morgan fingerprint density at radius 3 is 2.10 bits per heavy atom. The van der Waals surface area contributed by atoms with Crippen molar-refractivity contribution in [3.05, 3.63) is 89.6 Å². The van der Waals surface area contributed by atoms with E-state index in [1.807, 2.05) is 61.5 Å². The molecule has 6 heteroatoms. The van der Waals surface area contributed by atoms with E-state index in [0.717, 1.165) is 16.2 Å². The van der Waals surface area contributed by atoms with Crippen LogP contribution in [0.2, 0.25) is 0 Å². The number of hydrogen-bond acceptors (Lipinski definition) is 5. The van der Waals surface area contributed by atoms with Crippen molar-refractivity contribution in [2.24, 2.45) is 0 Å². The smallest absolute Gasteiger partial charge is 0.282 e. The molecule has 156 valence electrons. The molecule has 4 rings (SSSR count). The van der Waals surface area contributed by atoms with Crippen LogP contribution in [0.4, 0.5) is 11.4 Å². The fraction of sp³-hybridized carbons (Fsp3) is 0.120. The van der Waals surface area contributed by atoms with E-state index in [-0.39, 0.29) is 5.70 Å². The van der Waals surface area contributed by atoms with Gasteiger partial charge in [0, 0.05) is 11.8 Å². The fourth-order valence-corrected chi connectivity index (χ4v) is 3.50. The number of imide groups is 1. The van der Waals surface area contributed by atoms with Crippen LogP contribution in [-0.2, 0) is 9.59 Å². The lowest BCUT2D eigenvalue weighted by Gasteiger charge is -2.17. The van der Waals surface area contributed by atoms with Gasteiger partial charge in [-0.15, -0.1) is 0 Å². The van der Waals surface area contributed by atoms with Crippen LogP contribution in [0.3, 0.4) is 0 Å². The first kappa shape index (κ1) is 20.2. The molecule has 1 aliphatic rings. The first-order valence-electron chi connectivity index (χ1n) is 9.77. The number of para-hydroxylation sites is 1. The van der Waals surface area contributed by atoms with E-state index in [1.54, 1.807) is 18.2 Å². The predicted octanol–water partition coefficient (Wildman–Crippen LogP) is 4.41. The van der Waals surface area contributed by atoms with E-state index in [2.05, 4.69) is 5.32 Å². The number of carbonyl (C=O) groups excluding carboxylic acids is 2. The highest BCUT2D eigenvalue weighted by molar-refractivity contribution is 6.46. The summed E-state index contributed by atoms with van der Waals surface area (Å²) >= 11 is 0. The minimum atomic E-state index is -0.434. The van der Waals surface area contributed by atoms with Crippen molar-refractivity contribution >= 4 is 28.8 Å². The summed E-state index contributed by atoms with van der Waals surface area (Å²) in [7, 11) is 3.04. The van der Waals surface area contributed by atoms with E-state index in [4.69, 9.17) is 9.47 Å². The number of amides is 2. The SMILES string of the molecule is COc1ccc(N2C(=O)C(Nc3ccccc3)=C(c3ccc(C)cc3)C2=O)cc1OC. The van der Waals surface area contributed by atoms with Crippen molar-refractivity contribution in [2.75, 3.05) is 24.4 Å². The Bertz CT molecular complexity index is 1170. The number of carbonyl (C=O) groups is 2. The minimum absolute atomic E-state index is 0.231. The summed E-state index contributed by atoms with van der Waals surface area (Å²) < 4.78 is 10.6. The largest absolute Gasteiger partial charge is 0.493 e. The average molecular weight is 414 g/mol. The van der Waals surface area contributed by atoms with Crippen molar-refractivity contribution < 1.29 is 19.1 Å². The normalized spacial score (nSPS) is 13.6.